The van der Waals surface area contributed by atoms with Crippen LogP contribution in [0, 0.1) is 0 Å². The molecule has 3 rings (SSSR count). The van der Waals surface area contributed by atoms with Crippen LogP contribution in [0.25, 0.3) is 0 Å². The Bertz CT molecular complexity index is 1130. The number of hydrogen-bond donors (Lipinski definition) is 0. The van der Waals surface area contributed by atoms with Gasteiger partial charge < -0.3 is 23.7 Å². The molecule has 0 amide bonds. The molecule has 0 heterocycles. The first-order valence-electron chi connectivity index (χ1n) is 10.6. The zero-order chi connectivity index (χ0) is 25.6. The highest BCUT2D eigenvalue weighted by atomic mass is 19.4. The second-order valence-electron chi connectivity index (χ2n) is 8.47. The van der Waals surface area contributed by atoms with Crippen molar-refractivity contribution < 1.29 is 41.7 Å². The first kappa shape index (κ1) is 25.7. The molecule has 9 heteroatoms. The zero-order valence-corrected chi connectivity index (χ0v) is 19.6. The smallest absolute Gasteiger partial charge is 0.478 e. The number of halogens is 3. The molecule has 0 aliphatic rings. The second kappa shape index (κ2) is 10.6. The number of esters is 1. The molecule has 0 bridgehead atoms. The van der Waals surface area contributed by atoms with Crippen LogP contribution in [0.15, 0.2) is 66.7 Å². The molecule has 0 fully saturated rings. The predicted octanol–water partition coefficient (Wildman–Crippen LogP) is 7.02. The van der Waals surface area contributed by atoms with Crippen molar-refractivity contribution in [1.82, 2.24) is 0 Å². The molecule has 0 saturated carbocycles. The number of carbonyl (C=O) groups is 1. The zero-order valence-electron chi connectivity index (χ0n) is 19.6. The van der Waals surface area contributed by atoms with Crippen LogP contribution in [0.1, 0.15) is 26.3 Å². The minimum atomic E-state index is -4.78. The van der Waals surface area contributed by atoms with Gasteiger partial charge in [-0.1, -0.05) is 32.9 Å². The van der Waals surface area contributed by atoms with Crippen molar-refractivity contribution in [3.8, 4) is 34.5 Å². The first-order valence-corrected chi connectivity index (χ1v) is 10.6. The molecule has 0 saturated heterocycles. The van der Waals surface area contributed by atoms with E-state index in [2.05, 4.69) is 30.2 Å². The molecule has 35 heavy (non-hydrogen) atoms. The van der Waals surface area contributed by atoms with E-state index in [0.29, 0.717) is 17.2 Å². The van der Waals surface area contributed by atoms with Crippen LogP contribution < -0.4 is 18.9 Å². The van der Waals surface area contributed by atoms with Crippen molar-refractivity contribution in [3.63, 3.8) is 0 Å². The van der Waals surface area contributed by atoms with Gasteiger partial charge >= 0.3 is 12.3 Å². The van der Waals surface area contributed by atoms with Crippen molar-refractivity contribution in [2.24, 2.45) is 0 Å². The SMILES string of the molecule is COC(=O)COc1cc(Oc2ccc(OC(F)(F)F)cc2)ccc1Oc1ccc(C(C)(C)C)cc1. The molecule has 0 spiro atoms. The Morgan fingerprint density at radius 2 is 1.29 bits per heavy atom. The maximum atomic E-state index is 12.3. The fraction of sp³-hybridized carbons (Fsp3) is 0.269. The molecular formula is C26H25F3O6. The van der Waals surface area contributed by atoms with Gasteiger partial charge in [-0.3, -0.25) is 0 Å². The van der Waals surface area contributed by atoms with Gasteiger partial charge in [-0.2, -0.15) is 0 Å². The van der Waals surface area contributed by atoms with Crippen LogP contribution in [0.4, 0.5) is 13.2 Å². The van der Waals surface area contributed by atoms with Crippen LogP contribution in [0.3, 0.4) is 0 Å². The Hall–Kier alpha value is -3.88. The van der Waals surface area contributed by atoms with Gasteiger partial charge in [-0.25, -0.2) is 4.79 Å². The van der Waals surface area contributed by atoms with Gasteiger partial charge in [0, 0.05) is 6.07 Å². The summed E-state index contributed by atoms with van der Waals surface area (Å²) in [6.07, 6.45) is -4.78. The van der Waals surface area contributed by atoms with Crippen LogP contribution in [-0.4, -0.2) is 26.0 Å². The molecule has 0 unspecified atom stereocenters. The lowest BCUT2D eigenvalue weighted by Crippen LogP contribution is -2.16. The fourth-order valence-corrected chi connectivity index (χ4v) is 2.94. The number of hydrogen-bond acceptors (Lipinski definition) is 6. The number of carbonyl (C=O) groups excluding carboxylic acids is 1. The number of ether oxygens (including phenoxy) is 5. The minimum absolute atomic E-state index is 0.0105. The van der Waals surface area contributed by atoms with E-state index in [1.165, 1.54) is 25.3 Å². The highest BCUT2D eigenvalue weighted by Crippen LogP contribution is 2.37. The van der Waals surface area contributed by atoms with Gasteiger partial charge in [-0.15, -0.1) is 13.2 Å². The van der Waals surface area contributed by atoms with Gasteiger partial charge in [0.05, 0.1) is 7.11 Å². The third kappa shape index (κ3) is 7.84. The molecule has 0 aliphatic carbocycles. The maximum Gasteiger partial charge on any atom is 0.573 e. The normalized spacial score (nSPS) is 11.5. The van der Waals surface area contributed by atoms with E-state index in [4.69, 9.17) is 14.2 Å². The van der Waals surface area contributed by atoms with E-state index < -0.39 is 12.3 Å². The Labute approximate surface area is 201 Å². The summed E-state index contributed by atoms with van der Waals surface area (Å²) in [5.74, 6) is 0.734. The van der Waals surface area contributed by atoms with Crippen molar-refractivity contribution in [3.05, 3.63) is 72.3 Å². The summed E-state index contributed by atoms with van der Waals surface area (Å²) in [5, 5.41) is 0. The molecule has 3 aromatic rings. The average Bonchev–Trinajstić information content (AvgIpc) is 2.79. The number of benzene rings is 3. The second-order valence-corrected chi connectivity index (χ2v) is 8.47. The molecule has 0 aromatic heterocycles. The maximum absolute atomic E-state index is 12.3. The Kier molecular flexibility index (Phi) is 7.78. The Balaban J connectivity index is 1.79. The van der Waals surface area contributed by atoms with Crippen LogP contribution >= 0.6 is 0 Å². The molecule has 0 atom stereocenters. The quantitative estimate of drug-likeness (QED) is 0.316. The molecule has 6 nitrogen and oxygen atoms in total. The summed E-state index contributed by atoms with van der Waals surface area (Å²) in [5.41, 5.74) is 1.13. The summed E-state index contributed by atoms with van der Waals surface area (Å²) in [7, 11) is 1.24. The number of methoxy groups -OCH3 is 1. The average molecular weight is 490 g/mol. The summed E-state index contributed by atoms with van der Waals surface area (Å²) in [6, 6.07) is 17.2. The first-order chi connectivity index (χ1) is 16.4. The van der Waals surface area contributed by atoms with Crippen molar-refractivity contribution in [2.75, 3.05) is 13.7 Å². The minimum Gasteiger partial charge on any atom is -0.478 e. The third-order valence-corrected chi connectivity index (χ3v) is 4.73. The summed E-state index contributed by atoms with van der Waals surface area (Å²) in [4.78, 5) is 11.6. The lowest BCUT2D eigenvalue weighted by atomic mass is 9.87. The van der Waals surface area contributed by atoms with Gasteiger partial charge in [0.2, 0.25) is 0 Å². The molecule has 3 aromatic carbocycles. The van der Waals surface area contributed by atoms with E-state index in [0.717, 1.165) is 17.7 Å². The lowest BCUT2D eigenvalue weighted by Gasteiger charge is -2.19. The highest BCUT2D eigenvalue weighted by molar-refractivity contribution is 5.71. The van der Waals surface area contributed by atoms with E-state index >= 15 is 0 Å². The van der Waals surface area contributed by atoms with Gasteiger partial charge in [0.25, 0.3) is 0 Å². The van der Waals surface area contributed by atoms with Crippen molar-refractivity contribution in [1.29, 1.82) is 0 Å². The van der Waals surface area contributed by atoms with Crippen LogP contribution in [-0.2, 0) is 14.9 Å². The molecule has 0 radical (unpaired) electrons. The van der Waals surface area contributed by atoms with Crippen molar-refractivity contribution >= 4 is 5.97 Å². The van der Waals surface area contributed by atoms with Crippen LogP contribution in [0.2, 0.25) is 0 Å². The fourth-order valence-electron chi connectivity index (χ4n) is 2.94. The predicted molar refractivity (Wildman–Crippen MR) is 122 cm³/mol. The summed E-state index contributed by atoms with van der Waals surface area (Å²) < 4.78 is 62.7. The monoisotopic (exact) mass is 490 g/mol. The van der Waals surface area contributed by atoms with Gasteiger partial charge in [0.1, 0.15) is 23.0 Å². The molecular weight excluding hydrogens is 465 g/mol. The highest BCUT2D eigenvalue weighted by Gasteiger charge is 2.31. The summed E-state index contributed by atoms with van der Waals surface area (Å²) in [6.45, 7) is 5.97. The van der Waals surface area contributed by atoms with E-state index in [-0.39, 0.29) is 29.3 Å². The summed E-state index contributed by atoms with van der Waals surface area (Å²) >= 11 is 0. The Morgan fingerprint density at radius 1 is 0.743 bits per heavy atom. The van der Waals surface area contributed by atoms with Gasteiger partial charge in [0.15, 0.2) is 18.1 Å². The topological polar surface area (TPSA) is 63.2 Å². The largest absolute Gasteiger partial charge is 0.573 e. The third-order valence-electron chi connectivity index (χ3n) is 4.73. The van der Waals surface area contributed by atoms with E-state index in [1.54, 1.807) is 12.1 Å². The van der Waals surface area contributed by atoms with E-state index in [9.17, 15) is 18.0 Å². The van der Waals surface area contributed by atoms with Crippen molar-refractivity contribution in [2.45, 2.75) is 32.5 Å². The number of rotatable bonds is 8. The number of alkyl halides is 3. The molecule has 0 aliphatic heterocycles. The molecule has 0 N–H and O–H groups in total. The standard InChI is InChI=1S/C26H25F3O6/c1-25(2,3)17-5-7-19(8-6-17)34-22-14-13-21(15-23(22)32-16-24(30)31-4)33-18-9-11-20(12-10-18)35-26(27,28)29/h5-15H,16H2,1-4H3. The van der Waals surface area contributed by atoms with Crippen LogP contribution in [0.5, 0.6) is 34.5 Å². The Morgan fingerprint density at radius 3 is 1.86 bits per heavy atom. The van der Waals surface area contributed by atoms with Gasteiger partial charge in [-0.05, 0) is 59.5 Å². The molecule has 186 valence electrons. The van der Waals surface area contributed by atoms with E-state index in [1.807, 2.05) is 24.3 Å². The lowest BCUT2D eigenvalue weighted by molar-refractivity contribution is -0.274.